The second kappa shape index (κ2) is 13.9. The summed E-state index contributed by atoms with van der Waals surface area (Å²) in [6.07, 6.45) is -0.168. The van der Waals surface area contributed by atoms with Gasteiger partial charge in [-0.3, -0.25) is 10.2 Å². The second-order valence-electron chi connectivity index (χ2n) is 9.98. The molecule has 0 aliphatic heterocycles. The molecule has 0 aliphatic carbocycles. The Morgan fingerprint density at radius 1 is 0.773 bits per heavy atom. The molecule has 4 rings (SSSR count). The van der Waals surface area contributed by atoms with Crippen LogP contribution in [0.3, 0.4) is 0 Å². The predicted octanol–water partition coefficient (Wildman–Crippen LogP) is 2.70. The number of benzene rings is 4. The van der Waals surface area contributed by atoms with Gasteiger partial charge in [0.2, 0.25) is 15.9 Å². The molecular formula is C32H32N4O7S. The molecule has 0 spiro atoms. The van der Waals surface area contributed by atoms with Crippen LogP contribution in [0.5, 0.6) is 0 Å². The van der Waals surface area contributed by atoms with E-state index in [1.54, 1.807) is 60.7 Å². The van der Waals surface area contributed by atoms with Gasteiger partial charge in [-0.15, -0.1) is 0 Å². The lowest BCUT2D eigenvalue weighted by atomic mass is 10.0. The molecule has 0 heterocycles. The monoisotopic (exact) mass is 616 g/mol. The van der Waals surface area contributed by atoms with Gasteiger partial charge < -0.3 is 20.5 Å². The minimum atomic E-state index is -4.23. The van der Waals surface area contributed by atoms with E-state index in [4.69, 9.17) is 20.6 Å². The maximum atomic E-state index is 13.7. The maximum absolute atomic E-state index is 13.7. The summed E-state index contributed by atoms with van der Waals surface area (Å²) in [7, 11) is -1.81. The van der Waals surface area contributed by atoms with Crippen molar-refractivity contribution in [2.45, 2.75) is 29.8 Å². The first kappa shape index (κ1) is 31.9. The summed E-state index contributed by atoms with van der Waals surface area (Å²) in [6.45, 7) is 0. The number of rotatable bonds is 12. The van der Waals surface area contributed by atoms with Crippen LogP contribution < -0.4 is 15.8 Å². The van der Waals surface area contributed by atoms with Crippen LogP contribution in [0, 0.1) is 5.41 Å². The van der Waals surface area contributed by atoms with Gasteiger partial charge in [-0.1, -0.05) is 60.7 Å². The number of carbonyl (C=O) groups is 3. The van der Waals surface area contributed by atoms with E-state index in [-0.39, 0.29) is 29.1 Å². The molecule has 5 N–H and O–H groups in total. The molecule has 0 unspecified atom stereocenters. The van der Waals surface area contributed by atoms with Gasteiger partial charge in [0.05, 0.1) is 24.7 Å². The van der Waals surface area contributed by atoms with Crippen molar-refractivity contribution in [1.29, 1.82) is 5.41 Å². The Morgan fingerprint density at radius 2 is 1.39 bits per heavy atom. The van der Waals surface area contributed by atoms with Crippen LogP contribution in [0.25, 0.3) is 10.8 Å². The summed E-state index contributed by atoms with van der Waals surface area (Å²) in [5.41, 5.74) is 7.35. The Kier molecular flexibility index (Phi) is 10.1. The number of hydrogen-bond acceptors (Lipinski definition) is 8. The number of amides is 1. The molecule has 4 aromatic rings. The number of nitrogens with two attached hydrogens (primary N) is 1. The summed E-state index contributed by atoms with van der Waals surface area (Å²) >= 11 is 0. The average molecular weight is 617 g/mol. The number of methoxy groups -OCH3 is 2. The molecule has 0 saturated carbocycles. The number of amidine groups is 1. The van der Waals surface area contributed by atoms with Gasteiger partial charge in [-0.25, -0.2) is 18.0 Å². The molecular weight excluding hydrogens is 584 g/mol. The quantitative estimate of drug-likeness (QED) is 0.107. The Balaban J connectivity index is 1.65. The first-order chi connectivity index (χ1) is 21.0. The summed E-state index contributed by atoms with van der Waals surface area (Å²) < 4.78 is 39.3. The van der Waals surface area contributed by atoms with Crippen molar-refractivity contribution in [1.82, 2.24) is 10.0 Å². The standard InChI is InChI=1S/C32H32N4O7S/c1-42-31(38)25-12-6-8-21(16-25)18-28(32(39)43-2)35-30(37)27(17-20-7-5-11-24(15-20)29(33)34)36-44(40,41)26-14-13-22-9-3-4-10-23(22)19-26/h3-16,19,27-28,36H,17-18H2,1-2H3,(H3,33,34)(H,35,37)/t27-,28-/m0/s1. The molecule has 4 aromatic carbocycles. The number of esters is 2. The number of ether oxygens (including phenoxy) is 2. The normalized spacial score (nSPS) is 12.6. The topological polar surface area (TPSA) is 178 Å². The molecule has 11 nitrogen and oxygen atoms in total. The lowest BCUT2D eigenvalue weighted by Crippen LogP contribution is -2.53. The molecule has 0 aromatic heterocycles. The minimum absolute atomic E-state index is 0.0457. The summed E-state index contributed by atoms with van der Waals surface area (Å²) in [5.74, 6) is -2.32. The lowest BCUT2D eigenvalue weighted by molar-refractivity contribution is -0.145. The molecule has 44 heavy (non-hydrogen) atoms. The van der Waals surface area contributed by atoms with Crippen molar-refractivity contribution in [2.75, 3.05) is 14.2 Å². The maximum Gasteiger partial charge on any atom is 0.337 e. The van der Waals surface area contributed by atoms with Crippen molar-refractivity contribution in [2.24, 2.45) is 5.73 Å². The van der Waals surface area contributed by atoms with Gasteiger partial charge in [0.1, 0.15) is 17.9 Å². The SMILES string of the molecule is COC(=O)c1cccc(C[C@H](NC(=O)[C@H](Cc2cccc(C(=N)N)c2)NS(=O)(=O)c2ccc3ccccc3c2)C(=O)OC)c1. The van der Waals surface area contributed by atoms with E-state index >= 15 is 0 Å². The van der Waals surface area contributed by atoms with Crippen molar-refractivity contribution < 1.29 is 32.3 Å². The fourth-order valence-electron chi connectivity index (χ4n) is 4.67. The van der Waals surface area contributed by atoms with E-state index < -0.39 is 40.0 Å². The van der Waals surface area contributed by atoms with Gasteiger partial charge >= 0.3 is 11.9 Å². The van der Waals surface area contributed by atoms with E-state index in [0.29, 0.717) is 22.1 Å². The van der Waals surface area contributed by atoms with E-state index in [0.717, 1.165) is 5.39 Å². The highest BCUT2D eigenvalue weighted by molar-refractivity contribution is 7.89. The van der Waals surface area contributed by atoms with Crippen LogP contribution in [-0.4, -0.2) is 58.4 Å². The zero-order chi connectivity index (χ0) is 31.9. The molecule has 228 valence electrons. The average Bonchev–Trinajstić information content (AvgIpc) is 3.03. The van der Waals surface area contributed by atoms with E-state index in [9.17, 15) is 22.8 Å². The smallest absolute Gasteiger partial charge is 0.337 e. The van der Waals surface area contributed by atoms with Crippen molar-refractivity contribution in [3.8, 4) is 0 Å². The Bertz CT molecular complexity index is 1820. The highest BCUT2D eigenvalue weighted by Crippen LogP contribution is 2.20. The number of nitrogens with one attached hydrogen (secondary N) is 3. The summed E-state index contributed by atoms with van der Waals surface area (Å²) in [5, 5.41) is 11.9. The molecule has 1 amide bonds. The zero-order valence-corrected chi connectivity index (χ0v) is 24.9. The fourth-order valence-corrected chi connectivity index (χ4v) is 5.90. The van der Waals surface area contributed by atoms with Gasteiger partial charge in [-0.2, -0.15) is 4.72 Å². The van der Waals surface area contributed by atoms with Crippen LogP contribution in [-0.2, 0) is 41.9 Å². The zero-order valence-electron chi connectivity index (χ0n) is 24.1. The highest BCUT2D eigenvalue weighted by atomic mass is 32.2. The largest absolute Gasteiger partial charge is 0.467 e. The van der Waals surface area contributed by atoms with E-state index in [2.05, 4.69) is 10.0 Å². The third-order valence-corrected chi connectivity index (χ3v) is 8.38. The third kappa shape index (κ3) is 7.85. The number of carbonyl (C=O) groups excluding carboxylic acids is 3. The van der Waals surface area contributed by atoms with Crippen LogP contribution in [0.15, 0.2) is 95.9 Å². The number of sulfonamides is 1. The Morgan fingerprint density at radius 3 is 2.02 bits per heavy atom. The van der Waals surface area contributed by atoms with Gasteiger partial charge in [-0.05, 0) is 58.7 Å². The highest BCUT2D eigenvalue weighted by Gasteiger charge is 2.30. The second-order valence-corrected chi connectivity index (χ2v) is 11.7. The van der Waals surface area contributed by atoms with Gasteiger partial charge in [0, 0.05) is 12.0 Å². The van der Waals surface area contributed by atoms with Crippen LogP contribution >= 0.6 is 0 Å². The lowest BCUT2D eigenvalue weighted by Gasteiger charge is -2.23. The molecule has 0 bridgehead atoms. The van der Waals surface area contributed by atoms with Crippen LogP contribution in [0.1, 0.15) is 27.0 Å². The number of nitrogen functional groups attached to an aromatic ring is 1. The van der Waals surface area contributed by atoms with E-state index in [1.807, 2.05) is 12.1 Å². The molecule has 0 aliphatic rings. The van der Waals surface area contributed by atoms with Crippen LogP contribution in [0.2, 0.25) is 0 Å². The third-order valence-electron chi connectivity index (χ3n) is 6.91. The van der Waals surface area contributed by atoms with Gasteiger partial charge in [0.25, 0.3) is 0 Å². The first-order valence-corrected chi connectivity index (χ1v) is 15.0. The predicted molar refractivity (Wildman–Crippen MR) is 165 cm³/mol. The minimum Gasteiger partial charge on any atom is -0.467 e. The molecule has 12 heteroatoms. The summed E-state index contributed by atoms with van der Waals surface area (Å²) in [6, 6.07) is 22.2. The fraction of sp³-hybridized carbons (Fsp3) is 0.188. The Labute approximate surface area is 254 Å². The molecule has 2 atom stereocenters. The number of fused-ring (bicyclic) bond motifs is 1. The van der Waals surface area contributed by atoms with Crippen LogP contribution in [0.4, 0.5) is 0 Å². The molecule has 0 saturated heterocycles. The molecule has 0 fully saturated rings. The Hall–Kier alpha value is -5.07. The summed E-state index contributed by atoms with van der Waals surface area (Å²) in [4.78, 5) is 38.5. The van der Waals surface area contributed by atoms with Crippen molar-refractivity contribution >= 4 is 44.5 Å². The van der Waals surface area contributed by atoms with Crippen molar-refractivity contribution in [3.05, 3.63) is 113 Å². The first-order valence-electron chi connectivity index (χ1n) is 13.5. The van der Waals surface area contributed by atoms with E-state index in [1.165, 1.54) is 32.4 Å². The molecule has 0 radical (unpaired) electrons. The van der Waals surface area contributed by atoms with Gasteiger partial charge in [0.15, 0.2) is 0 Å². The number of hydrogen-bond donors (Lipinski definition) is 4. The van der Waals surface area contributed by atoms with Crippen molar-refractivity contribution in [3.63, 3.8) is 0 Å².